The number of nitrogens with zero attached hydrogens (tertiary/aromatic N) is 2. The van der Waals surface area contributed by atoms with Crippen LogP contribution in [0.5, 0.6) is 0 Å². The first-order valence-electron chi connectivity index (χ1n) is 11.8. The Kier molecular flexibility index (Phi) is 4.04. The molecule has 2 heterocycles. The number of carbonyl (C=O) groups excluding carboxylic acids is 2. The molecule has 3 aliphatic carbocycles. The number of ketones is 2. The van der Waals surface area contributed by atoms with E-state index in [0.29, 0.717) is 6.42 Å². The molecule has 0 N–H and O–H groups in total. The highest BCUT2D eigenvalue weighted by Crippen LogP contribution is 2.72. The SMILES string of the molecule is O=C1c2ccccc2[C@@H]2[C@H]1[C@@H](c1cccnc1)[C@@]1(Cc3ccccc3C1=O)[C@@H]2c1cccnc1. The van der Waals surface area contributed by atoms with Gasteiger partial charge in [-0.05, 0) is 40.8 Å². The maximum Gasteiger partial charge on any atom is 0.170 e. The first-order valence-corrected chi connectivity index (χ1v) is 11.8. The molecular formula is C30H22N2O2. The molecule has 2 aromatic heterocycles. The molecule has 0 saturated heterocycles. The minimum atomic E-state index is -0.770. The van der Waals surface area contributed by atoms with Crippen LogP contribution in [0, 0.1) is 11.3 Å². The van der Waals surface area contributed by atoms with E-state index in [1.165, 1.54) is 0 Å². The van der Waals surface area contributed by atoms with Gasteiger partial charge in [0, 0.05) is 59.6 Å². The summed E-state index contributed by atoms with van der Waals surface area (Å²) in [5, 5.41) is 0. The Hall–Kier alpha value is -3.92. The zero-order valence-corrected chi connectivity index (χ0v) is 18.5. The Morgan fingerprint density at radius 2 is 1.29 bits per heavy atom. The molecule has 4 heteroatoms. The molecule has 3 aliphatic rings. The number of aromatic nitrogens is 2. The molecule has 164 valence electrons. The van der Waals surface area contributed by atoms with Crippen LogP contribution in [0.4, 0.5) is 0 Å². The van der Waals surface area contributed by atoms with Crippen LogP contribution in [0.15, 0.2) is 97.6 Å². The van der Waals surface area contributed by atoms with Gasteiger partial charge in [-0.2, -0.15) is 0 Å². The van der Waals surface area contributed by atoms with Gasteiger partial charge in [-0.15, -0.1) is 0 Å². The molecule has 4 aromatic rings. The highest BCUT2D eigenvalue weighted by atomic mass is 16.1. The Morgan fingerprint density at radius 1 is 0.676 bits per heavy atom. The van der Waals surface area contributed by atoms with Gasteiger partial charge in [0.15, 0.2) is 11.6 Å². The van der Waals surface area contributed by atoms with Crippen molar-refractivity contribution in [3.05, 3.63) is 131 Å². The van der Waals surface area contributed by atoms with Crippen molar-refractivity contribution in [2.75, 3.05) is 0 Å². The third kappa shape index (κ3) is 2.38. The lowest BCUT2D eigenvalue weighted by atomic mass is 9.63. The number of benzene rings is 2. The molecule has 0 amide bonds. The fourth-order valence-electron chi connectivity index (χ4n) is 7.30. The van der Waals surface area contributed by atoms with Crippen LogP contribution >= 0.6 is 0 Å². The number of hydrogen-bond donors (Lipinski definition) is 0. The number of Topliss-reactive ketones (excluding diaryl/α,β-unsaturated/α-hetero) is 2. The van der Waals surface area contributed by atoms with Gasteiger partial charge < -0.3 is 0 Å². The highest BCUT2D eigenvalue weighted by Gasteiger charge is 2.70. The molecule has 4 nitrogen and oxygen atoms in total. The van der Waals surface area contributed by atoms with E-state index in [1.807, 2.05) is 67.0 Å². The summed E-state index contributed by atoms with van der Waals surface area (Å²) >= 11 is 0. The summed E-state index contributed by atoms with van der Waals surface area (Å²) in [4.78, 5) is 37.3. The van der Waals surface area contributed by atoms with Gasteiger partial charge in [0.1, 0.15) is 0 Å². The second-order valence-electron chi connectivity index (χ2n) is 9.73. The maximum absolute atomic E-state index is 14.5. The molecule has 2 aromatic carbocycles. The second-order valence-corrected chi connectivity index (χ2v) is 9.73. The van der Waals surface area contributed by atoms with Crippen LogP contribution in [0.25, 0.3) is 0 Å². The lowest BCUT2D eigenvalue weighted by molar-refractivity contribution is 0.0744. The second kappa shape index (κ2) is 7.04. The van der Waals surface area contributed by atoms with E-state index in [4.69, 9.17) is 0 Å². The average Bonchev–Trinajstić information content (AvgIpc) is 3.46. The molecule has 0 aliphatic heterocycles. The van der Waals surface area contributed by atoms with Gasteiger partial charge in [0.25, 0.3) is 0 Å². The van der Waals surface area contributed by atoms with Crippen molar-refractivity contribution in [3.8, 4) is 0 Å². The van der Waals surface area contributed by atoms with Crippen LogP contribution in [-0.4, -0.2) is 21.5 Å². The lowest BCUT2D eigenvalue weighted by Crippen LogP contribution is -2.38. The number of rotatable bonds is 2. The number of fused-ring (bicyclic) bond motifs is 4. The van der Waals surface area contributed by atoms with E-state index in [-0.39, 0.29) is 35.2 Å². The molecule has 1 spiro atoms. The fourth-order valence-corrected chi connectivity index (χ4v) is 7.30. The Labute approximate surface area is 197 Å². The number of pyridine rings is 2. The van der Waals surface area contributed by atoms with Gasteiger partial charge in [0.2, 0.25) is 0 Å². The summed E-state index contributed by atoms with van der Waals surface area (Å²) in [6.45, 7) is 0. The first kappa shape index (κ1) is 19.5. The molecule has 0 unspecified atom stereocenters. The smallest absolute Gasteiger partial charge is 0.170 e. The standard InChI is InChI=1S/C30H22N2O2/c33-28-23-12-4-3-11-22(23)24-25(28)27(20-9-6-14-32-17-20)30(26(24)19-8-5-13-31-16-19)15-18-7-1-2-10-21(18)29(30)34/h1-14,16-17,24-27H,15H2/t24-,25+,26-,27-,30-/m1/s1. The average molecular weight is 443 g/mol. The van der Waals surface area contributed by atoms with Crippen LogP contribution in [0.2, 0.25) is 0 Å². The maximum atomic E-state index is 14.5. The van der Waals surface area contributed by atoms with Crippen molar-refractivity contribution >= 4 is 11.6 Å². The Bertz CT molecular complexity index is 1450. The van der Waals surface area contributed by atoms with E-state index >= 15 is 0 Å². The van der Waals surface area contributed by atoms with E-state index in [0.717, 1.165) is 33.4 Å². The molecular weight excluding hydrogens is 420 g/mol. The number of hydrogen-bond acceptors (Lipinski definition) is 4. The van der Waals surface area contributed by atoms with E-state index in [1.54, 1.807) is 12.4 Å². The van der Waals surface area contributed by atoms with Crippen molar-refractivity contribution in [1.29, 1.82) is 0 Å². The van der Waals surface area contributed by atoms with Crippen molar-refractivity contribution in [2.24, 2.45) is 11.3 Å². The molecule has 5 atom stereocenters. The predicted octanol–water partition coefficient (Wildman–Crippen LogP) is 5.38. The summed E-state index contributed by atoms with van der Waals surface area (Å²) in [5.74, 6) is -0.545. The summed E-state index contributed by atoms with van der Waals surface area (Å²) < 4.78 is 0. The third-order valence-corrected chi connectivity index (χ3v) is 8.36. The van der Waals surface area contributed by atoms with Gasteiger partial charge in [-0.1, -0.05) is 60.7 Å². The fraction of sp³-hybridized carbons (Fsp3) is 0.200. The topological polar surface area (TPSA) is 59.9 Å². The quantitative estimate of drug-likeness (QED) is 0.418. The van der Waals surface area contributed by atoms with Gasteiger partial charge in [-0.25, -0.2) is 0 Å². The van der Waals surface area contributed by atoms with Crippen LogP contribution in [0.3, 0.4) is 0 Å². The zero-order chi connectivity index (χ0) is 22.9. The van der Waals surface area contributed by atoms with Crippen molar-refractivity contribution in [2.45, 2.75) is 24.2 Å². The first-order chi connectivity index (χ1) is 16.7. The lowest BCUT2D eigenvalue weighted by Gasteiger charge is -2.37. The van der Waals surface area contributed by atoms with Crippen molar-refractivity contribution in [1.82, 2.24) is 9.97 Å². The molecule has 34 heavy (non-hydrogen) atoms. The zero-order valence-electron chi connectivity index (χ0n) is 18.5. The minimum absolute atomic E-state index is 0.0867. The summed E-state index contributed by atoms with van der Waals surface area (Å²) in [7, 11) is 0. The van der Waals surface area contributed by atoms with E-state index < -0.39 is 5.41 Å². The monoisotopic (exact) mass is 442 g/mol. The minimum Gasteiger partial charge on any atom is -0.294 e. The highest BCUT2D eigenvalue weighted by molar-refractivity contribution is 6.10. The molecule has 1 fully saturated rings. The van der Waals surface area contributed by atoms with Gasteiger partial charge >= 0.3 is 0 Å². The van der Waals surface area contributed by atoms with Crippen molar-refractivity contribution in [3.63, 3.8) is 0 Å². The molecule has 7 rings (SSSR count). The predicted molar refractivity (Wildman–Crippen MR) is 128 cm³/mol. The molecule has 1 saturated carbocycles. The van der Waals surface area contributed by atoms with Crippen LogP contribution < -0.4 is 0 Å². The summed E-state index contributed by atoms with van der Waals surface area (Å²) in [6.07, 6.45) is 7.86. The van der Waals surface area contributed by atoms with Gasteiger partial charge in [0.05, 0.1) is 5.41 Å². The van der Waals surface area contributed by atoms with Crippen LogP contribution in [-0.2, 0) is 6.42 Å². The van der Waals surface area contributed by atoms with Crippen molar-refractivity contribution < 1.29 is 9.59 Å². The Morgan fingerprint density at radius 3 is 1.94 bits per heavy atom. The molecule has 0 bridgehead atoms. The number of carbonyl (C=O) groups is 2. The van der Waals surface area contributed by atoms with Gasteiger partial charge in [-0.3, -0.25) is 19.6 Å². The summed E-state index contributed by atoms with van der Waals surface area (Å²) in [6, 6.07) is 23.8. The summed E-state index contributed by atoms with van der Waals surface area (Å²) in [5.41, 5.74) is 4.91. The third-order valence-electron chi connectivity index (χ3n) is 8.36. The molecule has 0 radical (unpaired) electrons. The normalized spacial score (nSPS) is 28.7. The van der Waals surface area contributed by atoms with Crippen LogP contribution in [0.1, 0.15) is 60.7 Å². The van der Waals surface area contributed by atoms with E-state index in [9.17, 15) is 9.59 Å². The van der Waals surface area contributed by atoms with E-state index in [2.05, 4.69) is 28.2 Å². The largest absolute Gasteiger partial charge is 0.294 e. The Balaban J connectivity index is 1.56.